The molecule has 0 spiro atoms. The van der Waals surface area contributed by atoms with E-state index in [1.165, 1.54) is 18.5 Å². The minimum Gasteiger partial charge on any atom is -0.201 e. The Kier molecular flexibility index (Phi) is 19.2. The molecule has 0 unspecified atom stereocenters. The molecule has 5 aromatic heterocycles. The van der Waals surface area contributed by atoms with Crippen molar-refractivity contribution in [3.8, 4) is 112 Å². The molecule has 0 saturated heterocycles. The van der Waals surface area contributed by atoms with Crippen LogP contribution in [0.5, 0.6) is 0 Å². The first-order chi connectivity index (χ1) is 76.5. The van der Waals surface area contributed by atoms with Crippen LogP contribution in [0.2, 0.25) is 0 Å². The van der Waals surface area contributed by atoms with Crippen LogP contribution in [-0.4, -0.2) is 0 Å². The molecule has 10 aromatic carbocycles. The van der Waals surface area contributed by atoms with E-state index in [4.69, 9.17) is 48.0 Å². The summed E-state index contributed by atoms with van der Waals surface area (Å²) in [6.07, 6.45) is 11.8. The van der Waals surface area contributed by atoms with Gasteiger partial charge < -0.3 is 0 Å². The Balaban J connectivity index is 0.000000171. The fourth-order valence-electron chi connectivity index (χ4n) is 17.4. The number of hydrogen-bond donors (Lipinski definition) is 0. The lowest BCUT2D eigenvalue weighted by Crippen LogP contribution is -2.32. The van der Waals surface area contributed by atoms with Crippen molar-refractivity contribution in [1.29, 1.82) is 0 Å². The predicted octanol–water partition coefficient (Wildman–Crippen LogP) is 30.3. The first-order valence-corrected chi connectivity index (χ1v) is 44.7. The van der Waals surface area contributed by atoms with Crippen molar-refractivity contribution in [1.82, 2.24) is 0 Å². The number of rotatable bonds is 15. The fourth-order valence-corrected chi connectivity index (χ4v) is 17.4. The van der Waals surface area contributed by atoms with Crippen LogP contribution >= 0.6 is 0 Å². The predicted molar refractivity (Wildman–Crippen MR) is 552 cm³/mol. The standard InChI is InChI=1S/C27H32N.C26H30N.C26H32N.C25H30N.C21H22N/c1-19-10-8-9-13-24(19)23-15-14-20(2)26(16-23)27-17-25(21(3)18-28(27)4)22-11-6-5-7-12-22;1-18-9-5-8-12-23(18)22-14-13-19(2)25(15-22)26-16-24(20(3)17-27(26)4)21-10-6-7-11-21;1-18-10-8-9-11-23(18)21-13-12-19(2)24(14-21)25-15-22(16-26(4,5)6)20(3)17-27(25)7;1-17(2)13-22-15-25(26(6)16-20(22)5)24-14-21(12-11-19(24)4)23-10-8-7-9-18(23)3;1-15-9-5-6-10-18(15)19-14-20(17(3)13-16(19)2)21-11-7-8-12-22(21)4/h8-10,13-18,22H,5-7,11-12H2,1-4H3;5,8-9,12-17,21H,6-7,10-11H2,1-4H3;8-15,17H,16H2,1-7H3;7-12,14-17H,13H2,1-6H3;5-14H,1-4H3/q5*+1/i1D3,3D3,22D;1D3,3D3,21D;1D3,3D3,16D2;3D3,5D3,13D2;1D3,2D3. The molecule has 5 heteroatoms. The van der Waals surface area contributed by atoms with Gasteiger partial charge in [0.2, 0.25) is 28.5 Å². The molecule has 0 amide bonds. The summed E-state index contributed by atoms with van der Waals surface area (Å²) in [5.41, 5.74) is 21.4. The van der Waals surface area contributed by atoms with Gasteiger partial charge in [-0.05, 0) is 340 Å². The molecule has 0 N–H and O–H groups in total. The highest BCUT2D eigenvalue weighted by Crippen LogP contribution is 2.42. The quantitative estimate of drug-likeness (QED) is 0.0912. The third-order valence-corrected chi connectivity index (χ3v) is 24.4. The highest BCUT2D eigenvalue weighted by Gasteiger charge is 2.29. The molecule has 2 aliphatic rings. The number of pyridine rings is 5. The maximum Gasteiger partial charge on any atom is 0.212 e. The Bertz CT molecular complexity index is 7930. The molecule has 0 aliphatic heterocycles. The van der Waals surface area contributed by atoms with E-state index in [1.54, 1.807) is 186 Å². The zero-order valence-electron chi connectivity index (χ0n) is 114. The molecule has 15 aromatic rings. The summed E-state index contributed by atoms with van der Waals surface area (Å²) in [7, 11) is 9.05. The first-order valence-electron chi connectivity index (χ1n) is 62.7. The smallest absolute Gasteiger partial charge is 0.201 e. The molecule has 2 fully saturated rings. The normalized spacial score (nSPS) is 18.5. The number of benzene rings is 10. The van der Waals surface area contributed by atoms with Crippen LogP contribution in [0.1, 0.15) is 259 Å². The Hall–Kier alpha value is -12.1. The number of nitrogens with zero attached hydrogens (tertiary/aromatic N) is 5. The summed E-state index contributed by atoms with van der Waals surface area (Å²) in [4.78, 5) is 0. The second-order valence-corrected chi connectivity index (χ2v) is 35.8. The summed E-state index contributed by atoms with van der Waals surface area (Å²) in [5.74, 6) is -2.27. The molecule has 5 nitrogen and oxygen atoms in total. The average Bonchev–Trinajstić information content (AvgIpc) is 0.847. The molecule has 2 aliphatic carbocycles. The zero-order valence-corrected chi connectivity index (χ0v) is 77.7. The number of hydrogen-bond acceptors (Lipinski definition) is 0. The molecular formula is C125H146N5+5. The molecule has 130 heavy (non-hydrogen) atoms. The molecule has 0 atom stereocenters. The van der Waals surface area contributed by atoms with Gasteiger partial charge in [0, 0.05) is 136 Å². The van der Waals surface area contributed by atoms with E-state index in [2.05, 4.69) is 0 Å². The SMILES string of the molecule is [2H]C([2H])([2H])c1ccccc1-c1cc(-c2cccc[n+]2C)c(C)cc1C([2H])([2H])[2H].[2H]C([2H])([2H])c1ccccc1-c1ccc(C)c(-c2cc(C([2H])([2H])C(C)(C)C)c(C([2H])([2H])[2H])c[n+]2C)c1.[2H]C([2H])([2H])c1ccccc1-c1ccc(C)c(-c2cc(C([2H])([2H])C(C)C)c(C([2H])([2H])[2H])c[n+]2C)c1.[2H]C([2H])([2H])c1ccccc1-c1ccc(C)c(-c2cc(C3([2H])CCCC3)c(C([2H])([2H])[2H])c[n+]2C)c1.[2H]C([2H])([2H])c1ccccc1-c1ccc(C)c(-c2cc(C3([2H])CCCCC3)c(C([2H])([2H])[2H])c[n+]2C)c1. The molecule has 0 radical (unpaired) electrons. The molecule has 0 bridgehead atoms. The van der Waals surface area contributed by atoms with Gasteiger partial charge in [-0.2, -0.15) is 0 Å². The fraction of sp³-hybridized carbons (Fsp3) is 0.320. The summed E-state index contributed by atoms with van der Waals surface area (Å²) in [6, 6.07) is 73.7. The van der Waals surface area contributed by atoms with Gasteiger partial charge >= 0.3 is 0 Å². The number of aryl methyl sites for hydroxylation is 20. The minimum absolute atomic E-state index is 0.0148. The van der Waals surface area contributed by atoms with Gasteiger partial charge in [-0.1, -0.05) is 243 Å². The molecule has 5 heterocycles. The van der Waals surface area contributed by atoms with E-state index in [0.717, 1.165) is 127 Å². The Morgan fingerprint density at radius 3 is 0.962 bits per heavy atom. The van der Waals surface area contributed by atoms with Gasteiger partial charge in [-0.15, -0.1) is 0 Å². The van der Waals surface area contributed by atoms with Crippen LogP contribution in [0.4, 0.5) is 0 Å². The van der Waals surface area contributed by atoms with Crippen LogP contribution < -0.4 is 22.8 Å². The second kappa shape index (κ2) is 42.7. The third-order valence-electron chi connectivity index (χ3n) is 24.4. The molecule has 666 valence electrons. The van der Waals surface area contributed by atoms with Crippen molar-refractivity contribution >= 4 is 0 Å². The zero-order chi connectivity index (χ0) is 123. The van der Waals surface area contributed by atoms with Crippen LogP contribution in [0.3, 0.4) is 0 Å². The van der Waals surface area contributed by atoms with E-state index in [0.29, 0.717) is 92.7 Å². The Labute approximate surface area is 833 Å². The van der Waals surface area contributed by atoms with Gasteiger partial charge in [-0.25, -0.2) is 22.8 Å². The van der Waals surface area contributed by atoms with Crippen molar-refractivity contribution in [3.63, 3.8) is 0 Å². The largest absolute Gasteiger partial charge is 0.212 e. The maximum absolute atomic E-state index is 9.22. The van der Waals surface area contributed by atoms with Gasteiger partial charge in [0.05, 0.1) is 0 Å². The summed E-state index contributed by atoms with van der Waals surface area (Å²) in [6.45, 7) is -4.90. The first kappa shape index (κ1) is 58.6. The van der Waals surface area contributed by atoms with Gasteiger partial charge in [-0.3, -0.25) is 0 Å². The van der Waals surface area contributed by atoms with Gasteiger partial charge in [0.1, 0.15) is 35.2 Å². The van der Waals surface area contributed by atoms with Crippen molar-refractivity contribution in [2.45, 2.75) is 220 Å². The van der Waals surface area contributed by atoms with Crippen LogP contribution in [0.15, 0.2) is 280 Å². The summed E-state index contributed by atoms with van der Waals surface area (Å²) in [5, 5.41) is 0. The average molecular weight is 1750 g/mol. The second-order valence-electron chi connectivity index (χ2n) is 35.8. The minimum atomic E-state index is -2.49. The molecule has 2 saturated carbocycles. The monoisotopic (exact) mass is 1750 g/mol. The van der Waals surface area contributed by atoms with Gasteiger partial charge in [0.25, 0.3) is 0 Å². The van der Waals surface area contributed by atoms with E-state index in [9.17, 15) is 1.37 Å². The highest BCUT2D eigenvalue weighted by molar-refractivity contribution is 5.81. The van der Waals surface area contributed by atoms with Crippen molar-refractivity contribution < 1.29 is 72.2 Å². The molecular weight excluding hydrogens is 1570 g/mol. The maximum atomic E-state index is 9.22. The lowest BCUT2D eigenvalue weighted by atomic mass is 9.82. The Morgan fingerprint density at radius 1 is 0.285 bits per heavy atom. The topological polar surface area (TPSA) is 19.4 Å². The highest BCUT2D eigenvalue weighted by atomic mass is 14.9. The van der Waals surface area contributed by atoms with Crippen molar-refractivity contribution in [2.75, 3.05) is 0 Å². The van der Waals surface area contributed by atoms with Crippen LogP contribution in [0, 0.1) is 114 Å². The summed E-state index contributed by atoms with van der Waals surface area (Å²) < 4.78 is 302. The van der Waals surface area contributed by atoms with E-state index in [-0.39, 0.29) is 55.6 Å². The van der Waals surface area contributed by atoms with Crippen molar-refractivity contribution in [2.24, 2.45) is 46.6 Å². The van der Waals surface area contributed by atoms with Crippen molar-refractivity contribution in [3.05, 3.63) is 385 Å². The van der Waals surface area contributed by atoms with Crippen LogP contribution in [0.25, 0.3) is 112 Å². The summed E-state index contributed by atoms with van der Waals surface area (Å²) >= 11 is 0. The third kappa shape index (κ3) is 23.0. The van der Waals surface area contributed by atoms with E-state index < -0.39 is 104 Å². The number of aromatic nitrogens is 5. The Morgan fingerprint density at radius 2 is 0.600 bits per heavy atom. The lowest BCUT2D eigenvalue weighted by Gasteiger charge is -2.23. The lowest BCUT2D eigenvalue weighted by molar-refractivity contribution is -0.661. The van der Waals surface area contributed by atoms with E-state index >= 15 is 0 Å². The van der Waals surface area contributed by atoms with Crippen LogP contribution in [-0.2, 0) is 48.0 Å². The van der Waals surface area contributed by atoms with Gasteiger partial charge in [0.15, 0.2) is 31.0 Å². The molecule has 17 rings (SSSR count). The van der Waals surface area contributed by atoms with E-state index in [1.807, 2.05) is 203 Å².